The largest absolute Gasteiger partial charge is 0.444 e. The molecule has 0 bridgehead atoms. The Morgan fingerprint density at radius 3 is 2.24 bits per heavy atom. The van der Waals surface area contributed by atoms with E-state index in [0.29, 0.717) is 32.4 Å². The number of carbonyl (C=O) groups excluding carboxylic acids is 6. The molecule has 2 saturated carbocycles. The van der Waals surface area contributed by atoms with Gasteiger partial charge in [-0.1, -0.05) is 77.6 Å². The van der Waals surface area contributed by atoms with E-state index < -0.39 is 71.6 Å². The van der Waals surface area contributed by atoms with Crippen LogP contribution in [-0.2, 0) is 36.9 Å². The lowest BCUT2D eigenvalue weighted by Gasteiger charge is -2.35. The molecule has 1 aromatic carbocycles. The van der Waals surface area contributed by atoms with Crippen molar-refractivity contribution in [3.63, 3.8) is 0 Å². The fourth-order valence-corrected chi connectivity index (χ4v) is 7.95. The van der Waals surface area contributed by atoms with Crippen LogP contribution >= 0.6 is 0 Å². The zero-order valence-electron chi connectivity index (χ0n) is 33.0. The van der Waals surface area contributed by atoms with Gasteiger partial charge >= 0.3 is 12.1 Å². The van der Waals surface area contributed by atoms with Gasteiger partial charge < -0.3 is 46.2 Å². The first-order chi connectivity index (χ1) is 26.2. The summed E-state index contributed by atoms with van der Waals surface area (Å²) in [6.07, 6.45) is 4.82. The number of likely N-dealkylation sites (N-methyl/N-ethyl adjacent to an activating group) is 1. The summed E-state index contributed by atoms with van der Waals surface area (Å²) in [7, 11) is 1.53. The molecule has 1 aromatic rings. The average Bonchev–Trinajstić information content (AvgIpc) is 3.89. The van der Waals surface area contributed by atoms with Crippen LogP contribution in [0, 0.1) is 11.3 Å². The molecule has 0 spiro atoms. The number of aliphatic hydroxyl groups excluding tert-OH is 1. The zero-order valence-corrected chi connectivity index (χ0v) is 33.0. The Morgan fingerprint density at radius 2 is 1.60 bits per heavy atom. The van der Waals surface area contributed by atoms with Gasteiger partial charge in [-0.25, -0.2) is 9.59 Å². The Balaban J connectivity index is 1.34. The number of hydrogen-bond acceptors (Lipinski definition) is 8. The molecule has 304 valence electrons. The van der Waals surface area contributed by atoms with Gasteiger partial charge in [-0.05, 0) is 61.0 Å². The van der Waals surface area contributed by atoms with Crippen LogP contribution in [0.4, 0.5) is 9.59 Å². The summed E-state index contributed by atoms with van der Waals surface area (Å²) in [4.78, 5) is 84.4. The molecule has 2 unspecified atom stereocenters. The Hall–Kier alpha value is -4.40. The number of rotatable bonds is 13. The molecule has 0 radical (unpaired) electrons. The highest BCUT2D eigenvalue weighted by Gasteiger charge is 2.46. The van der Waals surface area contributed by atoms with Crippen LogP contribution in [0.2, 0.25) is 0 Å². The van der Waals surface area contributed by atoms with E-state index in [0.717, 1.165) is 50.5 Å². The second-order valence-electron chi connectivity index (χ2n) is 16.7. The molecule has 6 atom stereocenters. The van der Waals surface area contributed by atoms with Crippen molar-refractivity contribution < 1.29 is 38.6 Å². The number of nitrogens with one attached hydrogen (secondary N) is 5. The molecule has 15 nitrogen and oxygen atoms in total. The number of ether oxygens (including phenoxy) is 1. The third-order valence-electron chi connectivity index (χ3n) is 11.3. The number of benzene rings is 1. The molecule has 4 aliphatic rings. The van der Waals surface area contributed by atoms with E-state index in [9.17, 15) is 33.9 Å². The number of nitrogens with zero attached hydrogens (tertiary/aromatic N) is 2. The van der Waals surface area contributed by atoms with Gasteiger partial charge in [0.1, 0.15) is 24.2 Å². The number of aliphatic hydroxyl groups is 1. The highest BCUT2D eigenvalue weighted by Crippen LogP contribution is 2.29. The van der Waals surface area contributed by atoms with Gasteiger partial charge in [0, 0.05) is 32.6 Å². The second-order valence-corrected chi connectivity index (χ2v) is 16.7. The van der Waals surface area contributed by atoms with E-state index in [-0.39, 0.29) is 30.8 Å². The molecule has 5 rings (SSSR count). The number of carbonyl (C=O) groups is 6. The molecule has 0 aromatic heterocycles. The Labute approximate surface area is 324 Å². The van der Waals surface area contributed by atoms with Crippen molar-refractivity contribution in [2.24, 2.45) is 11.3 Å². The zero-order chi connectivity index (χ0) is 39.9. The maximum atomic E-state index is 14.3. The van der Waals surface area contributed by atoms with E-state index in [1.54, 1.807) is 25.7 Å². The normalized spacial score (nSPS) is 22.3. The van der Waals surface area contributed by atoms with Gasteiger partial charge in [0.2, 0.25) is 17.7 Å². The number of urea groups is 1. The summed E-state index contributed by atoms with van der Waals surface area (Å²) >= 11 is 0. The smallest absolute Gasteiger partial charge is 0.410 e. The number of hydrogen-bond donors (Lipinski definition) is 6. The van der Waals surface area contributed by atoms with Crippen molar-refractivity contribution in [1.29, 1.82) is 0 Å². The van der Waals surface area contributed by atoms with E-state index >= 15 is 0 Å². The lowest BCUT2D eigenvalue weighted by molar-refractivity contribution is -0.136. The molecule has 55 heavy (non-hydrogen) atoms. The molecule has 7 amide bonds. The first-order valence-electron chi connectivity index (χ1n) is 20.1. The minimum atomic E-state index is -1.51. The predicted molar refractivity (Wildman–Crippen MR) is 204 cm³/mol. The fraction of sp³-hybridized carbons (Fsp3) is 0.700. The summed E-state index contributed by atoms with van der Waals surface area (Å²) in [5.41, 5.74) is 1.39. The molecular weight excluding hydrogens is 706 g/mol. The van der Waals surface area contributed by atoms with E-state index in [1.807, 2.05) is 31.2 Å². The van der Waals surface area contributed by atoms with Crippen molar-refractivity contribution in [1.82, 2.24) is 36.4 Å². The third-order valence-corrected chi connectivity index (χ3v) is 11.3. The topological polar surface area (TPSA) is 199 Å². The van der Waals surface area contributed by atoms with Crippen molar-refractivity contribution >= 4 is 35.8 Å². The predicted octanol–water partition coefficient (Wildman–Crippen LogP) is 2.48. The molecule has 3 fully saturated rings. The highest BCUT2D eigenvalue weighted by atomic mass is 16.6. The van der Waals surface area contributed by atoms with Crippen LogP contribution in [0.1, 0.15) is 103 Å². The Morgan fingerprint density at radius 1 is 0.909 bits per heavy atom. The van der Waals surface area contributed by atoms with Crippen LogP contribution < -0.4 is 26.6 Å². The van der Waals surface area contributed by atoms with Crippen molar-refractivity contribution in [3.8, 4) is 0 Å². The molecule has 2 heterocycles. The summed E-state index contributed by atoms with van der Waals surface area (Å²) in [5.74, 6) is -2.06. The lowest BCUT2D eigenvalue weighted by atomic mass is 9.82. The minimum Gasteiger partial charge on any atom is -0.444 e. The summed E-state index contributed by atoms with van der Waals surface area (Å²) < 4.78 is 5.94. The van der Waals surface area contributed by atoms with Crippen LogP contribution in [0.15, 0.2) is 24.3 Å². The molecule has 15 heteroatoms. The molecular formula is C40H61N7O8. The minimum absolute atomic E-state index is 0.0119. The van der Waals surface area contributed by atoms with Crippen molar-refractivity contribution in [2.45, 2.75) is 147 Å². The molecule has 2 aliphatic carbocycles. The fourth-order valence-electron chi connectivity index (χ4n) is 7.95. The van der Waals surface area contributed by atoms with E-state index in [4.69, 9.17) is 4.74 Å². The van der Waals surface area contributed by atoms with E-state index in [2.05, 4.69) is 26.6 Å². The lowest BCUT2D eigenvalue weighted by Crippen LogP contribution is -2.62. The third kappa shape index (κ3) is 10.9. The maximum absolute atomic E-state index is 14.3. The van der Waals surface area contributed by atoms with Gasteiger partial charge in [0.15, 0.2) is 6.10 Å². The summed E-state index contributed by atoms with van der Waals surface area (Å²) in [5, 5.41) is 25.0. The van der Waals surface area contributed by atoms with Crippen LogP contribution in [0.25, 0.3) is 0 Å². The second kappa shape index (κ2) is 18.5. The number of amides is 7. The van der Waals surface area contributed by atoms with Crippen molar-refractivity contribution in [3.05, 3.63) is 35.4 Å². The van der Waals surface area contributed by atoms with Gasteiger partial charge in [-0.15, -0.1) is 0 Å². The SMILES string of the molecule is CCCC(NC(=O)N1C[C@@H](OC(=O)N2CCc3ccccc3C2)C[C@@H]1C(=O)N[C@H](C(=O)N[C@H](C(=O)NC)C1CCCCC1)C(C)(C)C)C(O)C(=O)NC1CC1. The molecule has 1 saturated heterocycles. The van der Waals surface area contributed by atoms with Crippen molar-refractivity contribution in [2.75, 3.05) is 20.1 Å². The first kappa shape index (κ1) is 41.8. The monoisotopic (exact) mass is 767 g/mol. The first-order valence-corrected chi connectivity index (χ1v) is 20.1. The van der Waals surface area contributed by atoms with Crippen LogP contribution in [0.5, 0.6) is 0 Å². The number of likely N-dealkylation sites (tertiary alicyclic amines) is 1. The summed E-state index contributed by atoms with van der Waals surface area (Å²) in [6.45, 7) is 7.97. The highest BCUT2D eigenvalue weighted by molar-refractivity contribution is 5.95. The summed E-state index contributed by atoms with van der Waals surface area (Å²) in [6, 6.07) is 3.23. The maximum Gasteiger partial charge on any atom is 0.410 e. The van der Waals surface area contributed by atoms with Crippen LogP contribution in [-0.4, -0.2) is 113 Å². The van der Waals surface area contributed by atoms with Gasteiger partial charge in [-0.3, -0.25) is 19.2 Å². The Kier molecular flexibility index (Phi) is 14.0. The average molecular weight is 768 g/mol. The quantitative estimate of drug-likeness (QED) is 0.176. The van der Waals surface area contributed by atoms with E-state index in [1.165, 1.54) is 17.5 Å². The molecule has 6 N–H and O–H groups in total. The molecule has 2 aliphatic heterocycles. The van der Waals surface area contributed by atoms with Crippen LogP contribution in [0.3, 0.4) is 0 Å². The number of fused-ring (bicyclic) bond motifs is 1. The standard InChI is InChI=1S/C40H61N7O8/c1-6-12-29(32(48)36(51)42-27-17-18-27)43-38(53)47-23-28(55-39(54)46-20-19-24-13-10-11-16-26(24)22-46)21-30(47)34(49)45-33(40(2,3)4)37(52)44-31(35(50)41-5)25-14-8-7-9-15-25/h10-11,13,16,25,27-33,48H,6-9,12,14-15,17-23H2,1-5H3,(H,41,50)(H,42,51)(H,43,53)(H,44,52)(H,45,49)/t28-,29?,30+,31-,32?,33+/m0/s1. The van der Waals surface area contributed by atoms with Gasteiger partial charge in [0.25, 0.3) is 5.91 Å². The van der Waals surface area contributed by atoms with Gasteiger partial charge in [0.05, 0.1) is 12.6 Å². The Bertz CT molecular complexity index is 1560. The van der Waals surface area contributed by atoms with Gasteiger partial charge in [-0.2, -0.15) is 0 Å².